The number of benzene rings is 1. The van der Waals surface area contributed by atoms with Crippen LogP contribution in [0.4, 0.5) is 17.6 Å². The van der Waals surface area contributed by atoms with Gasteiger partial charge in [-0.1, -0.05) is 27.7 Å². The fourth-order valence-corrected chi connectivity index (χ4v) is 3.51. The summed E-state index contributed by atoms with van der Waals surface area (Å²) in [5.74, 6) is -7.08. The fraction of sp³-hybridized carbons (Fsp3) is 0.562. The van der Waals surface area contributed by atoms with Crippen LogP contribution in [-0.4, -0.2) is 12.2 Å². The molecule has 0 spiro atoms. The molecule has 2 rings (SSSR count). The summed E-state index contributed by atoms with van der Waals surface area (Å²) in [5.41, 5.74) is -1.52. The van der Waals surface area contributed by atoms with Gasteiger partial charge in [0.25, 0.3) is 0 Å². The van der Waals surface area contributed by atoms with Crippen molar-refractivity contribution in [3.05, 3.63) is 28.8 Å². The second kappa shape index (κ2) is 5.69. The van der Waals surface area contributed by atoms with Crippen LogP contribution in [0.1, 0.15) is 33.3 Å². The molecule has 0 atom stereocenters. The lowest BCUT2D eigenvalue weighted by Crippen LogP contribution is -2.14. The van der Waals surface area contributed by atoms with E-state index in [1.807, 2.05) is 27.7 Å². The fourth-order valence-electron chi connectivity index (χ4n) is 2.98. The van der Waals surface area contributed by atoms with Crippen molar-refractivity contribution in [2.75, 3.05) is 6.26 Å². The molecule has 0 heterocycles. The van der Waals surface area contributed by atoms with E-state index in [-0.39, 0.29) is 10.8 Å². The van der Waals surface area contributed by atoms with Crippen LogP contribution in [0.25, 0.3) is 0 Å². The molecule has 0 radical (unpaired) electrons. The Morgan fingerprint density at radius 3 is 1.78 bits per heavy atom. The van der Waals surface area contributed by atoms with Gasteiger partial charge in [-0.05, 0) is 17.1 Å². The molecule has 1 fully saturated rings. The maximum Gasteiger partial charge on any atom is 0.310 e. The number of hydrogen-bond acceptors (Lipinski definition) is 3. The van der Waals surface area contributed by atoms with Crippen LogP contribution in [0.5, 0.6) is 0 Å². The van der Waals surface area contributed by atoms with Gasteiger partial charge in [-0.2, -0.15) is 0 Å². The third-order valence-electron chi connectivity index (χ3n) is 5.13. The van der Waals surface area contributed by atoms with E-state index in [2.05, 4.69) is 0 Å². The van der Waals surface area contributed by atoms with Gasteiger partial charge in [0.1, 0.15) is 6.61 Å². The van der Waals surface area contributed by atoms with E-state index < -0.39 is 52.2 Å². The molecule has 1 saturated carbocycles. The van der Waals surface area contributed by atoms with Crippen molar-refractivity contribution in [1.29, 1.82) is 0 Å². The SMILES string of the molecule is CSc1c(F)c(F)c(COC(=O)C2C(C)(C)C2(C)C)c(F)c1F. The topological polar surface area (TPSA) is 26.3 Å². The maximum absolute atomic E-state index is 13.9. The van der Waals surface area contributed by atoms with Crippen molar-refractivity contribution in [1.82, 2.24) is 0 Å². The first kappa shape index (κ1) is 18.1. The highest BCUT2D eigenvalue weighted by Gasteiger charge is 2.69. The lowest BCUT2D eigenvalue weighted by molar-refractivity contribution is -0.148. The Hall–Kier alpha value is -1.24. The van der Waals surface area contributed by atoms with Crippen LogP contribution in [0, 0.1) is 40.0 Å². The van der Waals surface area contributed by atoms with Crippen LogP contribution in [0.3, 0.4) is 0 Å². The number of carbonyl (C=O) groups excluding carboxylic acids is 1. The summed E-state index contributed by atoms with van der Waals surface area (Å²) < 4.78 is 60.1. The van der Waals surface area contributed by atoms with Crippen molar-refractivity contribution < 1.29 is 27.1 Å². The van der Waals surface area contributed by atoms with E-state index in [0.717, 1.165) is 0 Å². The van der Waals surface area contributed by atoms with Gasteiger partial charge < -0.3 is 4.74 Å². The Morgan fingerprint density at radius 2 is 1.43 bits per heavy atom. The molecule has 0 saturated heterocycles. The molecule has 23 heavy (non-hydrogen) atoms. The molecule has 1 aliphatic rings. The first-order chi connectivity index (χ1) is 10.5. The average Bonchev–Trinajstić information content (AvgIpc) is 2.87. The van der Waals surface area contributed by atoms with Gasteiger partial charge in [-0.15, -0.1) is 11.8 Å². The van der Waals surface area contributed by atoms with Crippen molar-refractivity contribution in [3.63, 3.8) is 0 Å². The van der Waals surface area contributed by atoms with Gasteiger partial charge in [0.15, 0.2) is 23.3 Å². The number of rotatable bonds is 4. The zero-order chi connectivity index (χ0) is 17.7. The minimum Gasteiger partial charge on any atom is -0.460 e. The average molecular weight is 350 g/mol. The van der Waals surface area contributed by atoms with Crippen LogP contribution < -0.4 is 0 Å². The Morgan fingerprint density at radius 1 is 1.00 bits per heavy atom. The predicted molar refractivity (Wildman–Crippen MR) is 78.9 cm³/mol. The van der Waals surface area contributed by atoms with Gasteiger partial charge in [-0.3, -0.25) is 4.79 Å². The summed E-state index contributed by atoms with van der Waals surface area (Å²) in [6, 6.07) is 0. The molecule has 0 bridgehead atoms. The largest absolute Gasteiger partial charge is 0.460 e. The molecule has 1 aliphatic carbocycles. The molecule has 1 aromatic rings. The summed E-state index contributed by atoms with van der Waals surface area (Å²) in [4.78, 5) is 11.3. The van der Waals surface area contributed by atoms with Gasteiger partial charge in [0.2, 0.25) is 0 Å². The Balaban J connectivity index is 2.21. The molecule has 1 aromatic carbocycles. The molecular formula is C16H18F4O2S. The van der Waals surface area contributed by atoms with E-state index in [1.165, 1.54) is 6.26 Å². The maximum atomic E-state index is 13.9. The normalized spacial score (nSPS) is 18.8. The van der Waals surface area contributed by atoms with Gasteiger partial charge in [0, 0.05) is 0 Å². The van der Waals surface area contributed by atoms with Crippen LogP contribution >= 0.6 is 11.8 Å². The van der Waals surface area contributed by atoms with Gasteiger partial charge in [-0.25, -0.2) is 17.6 Å². The third kappa shape index (κ3) is 2.62. The molecule has 128 valence electrons. The smallest absolute Gasteiger partial charge is 0.310 e. The highest BCUT2D eigenvalue weighted by atomic mass is 32.2. The van der Waals surface area contributed by atoms with Crippen molar-refractivity contribution in [2.45, 2.75) is 39.2 Å². The summed E-state index contributed by atoms with van der Waals surface area (Å²) in [6.07, 6.45) is 1.30. The number of halogens is 4. The molecule has 0 unspecified atom stereocenters. The zero-order valence-corrected chi connectivity index (χ0v) is 14.3. The second-order valence-corrected chi connectivity index (χ2v) is 7.57. The lowest BCUT2D eigenvalue weighted by Gasteiger charge is -2.11. The minimum atomic E-state index is -1.53. The first-order valence-electron chi connectivity index (χ1n) is 7.03. The summed E-state index contributed by atoms with van der Waals surface area (Å²) in [7, 11) is 0. The molecule has 7 heteroatoms. The van der Waals surface area contributed by atoms with E-state index in [0.29, 0.717) is 11.8 Å². The predicted octanol–water partition coefficient (Wildman–Crippen LogP) is 4.69. The molecule has 2 nitrogen and oxygen atoms in total. The standard InChI is InChI=1S/C16H18F4O2S/c1-15(2)13(16(15,3)4)14(21)22-6-7-8(17)10(19)12(23-5)11(20)9(7)18/h13H,6H2,1-5H3. The Labute approximate surface area is 136 Å². The van der Waals surface area contributed by atoms with Crippen LogP contribution in [0.2, 0.25) is 0 Å². The Kier molecular flexibility index (Phi) is 4.47. The van der Waals surface area contributed by atoms with E-state index in [9.17, 15) is 22.4 Å². The van der Waals surface area contributed by atoms with E-state index in [4.69, 9.17) is 4.74 Å². The number of carbonyl (C=O) groups is 1. The molecule has 0 N–H and O–H groups in total. The number of hydrogen-bond donors (Lipinski definition) is 0. The number of thioether (sulfide) groups is 1. The highest BCUT2D eigenvalue weighted by Crippen LogP contribution is 2.68. The number of esters is 1. The van der Waals surface area contributed by atoms with Crippen molar-refractivity contribution in [3.8, 4) is 0 Å². The number of ether oxygens (including phenoxy) is 1. The summed E-state index contributed by atoms with van der Waals surface area (Å²) >= 11 is 0.560. The quantitative estimate of drug-likeness (QED) is 0.341. The van der Waals surface area contributed by atoms with Crippen LogP contribution in [0.15, 0.2) is 4.90 Å². The first-order valence-corrected chi connectivity index (χ1v) is 8.26. The summed E-state index contributed by atoms with van der Waals surface area (Å²) in [6.45, 7) is 6.68. The second-order valence-electron chi connectivity index (χ2n) is 6.75. The van der Waals surface area contributed by atoms with Crippen molar-refractivity contribution in [2.24, 2.45) is 16.7 Å². The van der Waals surface area contributed by atoms with E-state index in [1.54, 1.807) is 0 Å². The van der Waals surface area contributed by atoms with Crippen LogP contribution in [-0.2, 0) is 16.1 Å². The zero-order valence-electron chi connectivity index (χ0n) is 13.5. The molecule has 0 aromatic heterocycles. The Bertz CT molecular complexity index is 628. The monoisotopic (exact) mass is 350 g/mol. The summed E-state index contributed by atoms with van der Waals surface area (Å²) in [5, 5.41) is 0. The molecule has 0 aliphatic heterocycles. The minimum absolute atomic E-state index is 0.305. The lowest BCUT2D eigenvalue weighted by atomic mass is 10.0. The van der Waals surface area contributed by atoms with Crippen molar-refractivity contribution >= 4 is 17.7 Å². The molecule has 0 amide bonds. The van der Waals surface area contributed by atoms with E-state index >= 15 is 0 Å². The van der Waals surface area contributed by atoms with Gasteiger partial charge >= 0.3 is 5.97 Å². The van der Waals surface area contributed by atoms with Gasteiger partial charge in [0.05, 0.1) is 16.4 Å². The third-order valence-corrected chi connectivity index (χ3v) is 5.90. The molecular weight excluding hydrogens is 332 g/mol. The highest BCUT2D eigenvalue weighted by molar-refractivity contribution is 7.98.